The zero-order valence-electron chi connectivity index (χ0n) is 20.5. The normalized spacial score (nSPS) is 24.9. The molecular weight excluding hydrogens is 472 g/mol. The fourth-order valence-corrected chi connectivity index (χ4v) is 5.82. The van der Waals surface area contributed by atoms with Crippen LogP contribution in [0.5, 0.6) is 0 Å². The van der Waals surface area contributed by atoms with E-state index in [1.54, 1.807) is 5.01 Å². The van der Waals surface area contributed by atoms with Crippen molar-refractivity contribution < 1.29 is 9.84 Å². The van der Waals surface area contributed by atoms with Crippen molar-refractivity contribution in [2.24, 2.45) is 17.5 Å². The molecule has 2 aliphatic carbocycles. The van der Waals surface area contributed by atoms with Gasteiger partial charge in [0.25, 0.3) is 0 Å². The van der Waals surface area contributed by atoms with Crippen molar-refractivity contribution in [1.82, 2.24) is 9.58 Å². The van der Waals surface area contributed by atoms with Crippen LogP contribution in [0.4, 0.5) is 0 Å². The van der Waals surface area contributed by atoms with Crippen LogP contribution in [0.15, 0.2) is 60.6 Å². The molecular formula is C29H35ClN4O2. The molecule has 2 saturated carbocycles. The van der Waals surface area contributed by atoms with Gasteiger partial charge in [-0.15, -0.1) is 0 Å². The zero-order chi connectivity index (χ0) is 24.8. The molecule has 7 heteroatoms. The molecule has 3 aliphatic rings. The van der Waals surface area contributed by atoms with E-state index < -0.39 is 6.10 Å². The molecule has 1 aliphatic heterocycles. The van der Waals surface area contributed by atoms with Gasteiger partial charge in [-0.2, -0.15) is 0 Å². The quantitative estimate of drug-likeness (QED) is 0.289. The minimum atomic E-state index is -0.470. The number of aromatic nitrogens is 1. The largest absolute Gasteiger partial charge is 0.401 e. The number of hydrogen-bond donors (Lipinski definition) is 3. The van der Waals surface area contributed by atoms with E-state index in [1.165, 1.54) is 24.0 Å². The fourth-order valence-electron chi connectivity index (χ4n) is 5.53. The van der Waals surface area contributed by atoms with E-state index in [0.29, 0.717) is 25.3 Å². The maximum Gasteiger partial charge on any atom is 0.136 e. The van der Waals surface area contributed by atoms with Crippen LogP contribution >= 0.6 is 11.6 Å². The molecule has 1 aromatic heterocycles. The van der Waals surface area contributed by atoms with Gasteiger partial charge in [0.1, 0.15) is 6.23 Å². The van der Waals surface area contributed by atoms with Crippen molar-refractivity contribution in [3.63, 3.8) is 0 Å². The summed E-state index contributed by atoms with van der Waals surface area (Å²) in [6.45, 7) is 0.473. The Morgan fingerprint density at radius 2 is 1.89 bits per heavy atom. The van der Waals surface area contributed by atoms with Crippen molar-refractivity contribution in [1.29, 1.82) is 0 Å². The molecule has 3 fully saturated rings. The van der Waals surface area contributed by atoms with Gasteiger partial charge in [-0.05, 0) is 66.8 Å². The summed E-state index contributed by atoms with van der Waals surface area (Å²) >= 11 is 6.72. The van der Waals surface area contributed by atoms with Gasteiger partial charge in [0.05, 0.1) is 29.3 Å². The molecule has 0 bridgehead atoms. The van der Waals surface area contributed by atoms with E-state index in [2.05, 4.69) is 41.1 Å². The van der Waals surface area contributed by atoms with Gasteiger partial charge in [0.15, 0.2) is 0 Å². The number of fused-ring (bicyclic) bond motifs is 1. The minimum absolute atomic E-state index is 0.206. The van der Waals surface area contributed by atoms with E-state index in [9.17, 15) is 5.11 Å². The number of nitrogens with zero attached hydrogens (tertiary/aromatic N) is 2. The van der Waals surface area contributed by atoms with Crippen molar-refractivity contribution in [3.8, 4) is 0 Å². The lowest BCUT2D eigenvalue weighted by Gasteiger charge is -2.35. The van der Waals surface area contributed by atoms with Crippen LogP contribution in [-0.2, 0) is 11.2 Å². The molecule has 2 heterocycles. The average Bonchev–Trinajstić information content (AvgIpc) is 3.76. The van der Waals surface area contributed by atoms with Gasteiger partial charge in [0, 0.05) is 42.2 Å². The molecule has 6 rings (SSSR count). The SMILES string of the molecule is N/C(=C\N(N)C[C@@H]1C[C@H](O)C[C@H](n2cc(Cc3ccc(C4CC4)cc3)c3c(Cl)cccc32)O1)C1CC1. The standard InChI is InChI=1S/C29H35ClN4O2/c30-25-2-1-3-27-29(25)22(12-18-4-6-19(7-5-18)20-8-9-20)15-34(27)28-14-23(35)13-24(36-28)16-33(32)17-26(31)21-10-11-21/h1-7,15,17,20-21,23-24,28,35H,8-14,16,31-32H2/b26-17-/t23-,24-,28+/m0/s1. The van der Waals surface area contributed by atoms with Crippen LogP contribution < -0.4 is 11.6 Å². The second-order valence-corrected chi connectivity index (χ2v) is 11.2. The Balaban J connectivity index is 1.24. The van der Waals surface area contributed by atoms with Crippen molar-refractivity contribution in [2.75, 3.05) is 6.54 Å². The molecule has 3 aromatic rings. The Hall–Kier alpha value is -2.51. The third kappa shape index (κ3) is 5.14. The van der Waals surface area contributed by atoms with Gasteiger partial charge < -0.3 is 25.2 Å². The van der Waals surface area contributed by atoms with Crippen molar-refractivity contribution >= 4 is 22.5 Å². The lowest BCUT2D eigenvalue weighted by Crippen LogP contribution is -2.42. The third-order valence-corrected chi connectivity index (χ3v) is 8.07. The number of benzene rings is 2. The molecule has 0 unspecified atom stereocenters. The first kappa shape index (κ1) is 23.9. The van der Waals surface area contributed by atoms with Crippen molar-refractivity contribution in [3.05, 3.63) is 82.3 Å². The Labute approximate surface area is 217 Å². The molecule has 1 saturated heterocycles. The van der Waals surface area contributed by atoms with E-state index in [0.717, 1.165) is 52.4 Å². The highest BCUT2D eigenvalue weighted by Gasteiger charge is 2.32. The summed E-state index contributed by atoms with van der Waals surface area (Å²) in [5, 5.41) is 14.1. The second-order valence-electron chi connectivity index (χ2n) is 10.8. The van der Waals surface area contributed by atoms with Gasteiger partial charge >= 0.3 is 0 Å². The molecule has 190 valence electrons. The first-order valence-electron chi connectivity index (χ1n) is 13.1. The van der Waals surface area contributed by atoms with Crippen LogP contribution in [0.3, 0.4) is 0 Å². The van der Waals surface area contributed by atoms with E-state index in [-0.39, 0.29) is 12.3 Å². The Kier molecular flexibility index (Phi) is 6.46. The molecule has 6 nitrogen and oxygen atoms in total. The number of rotatable bonds is 8. The van der Waals surface area contributed by atoms with E-state index in [1.807, 2.05) is 18.3 Å². The first-order valence-corrected chi connectivity index (χ1v) is 13.5. The van der Waals surface area contributed by atoms with E-state index >= 15 is 0 Å². The van der Waals surface area contributed by atoms with Crippen LogP contribution in [-0.4, -0.2) is 33.4 Å². The summed E-state index contributed by atoms with van der Waals surface area (Å²) in [6.07, 6.45) is 9.72. The summed E-state index contributed by atoms with van der Waals surface area (Å²) in [7, 11) is 0. The molecule has 5 N–H and O–H groups in total. The second kappa shape index (κ2) is 9.75. The van der Waals surface area contributed by atoms with Gasteiger partial charge in [-0.1, -0.05) is 41.9 Å². The lowest BCUT2D eigenvalue weighted by atomic mass is 10.0. The highest BCUT2D eigenvalue weighted by atomic mass is 35.5. The summed E-state index contributed by atoms with van der Waals surface area (Å²) in [5.74, 6) is 7.44. The summed E-state index contributed by atoms with van der Waals surface area (Å²) in [5.41, 5.74) is 11.8. The maximum absolute atomic E-state index is 10.7. The van der Waals surface area contributed by atoms with Crippen LogP contribution in [0.25, 0.3) is 10.9 Å². The van der Waals surface area contributed by atoms with Gasteiger partial charge in [-0.25, -0.2) is 5.84 Å². The predicted octanol–water partition coefficient (Wildman–Crippen LogP) is 5.19. The maximum atomic E-state index is 10.7. The number of ether oxygens (including phenoxy) is 1. The smallest absolute Gasteiger partial charge is 0.136 e. The minimum Gasteiger partial charge on any atom is -0.401 e. The number of hydrazine groups is 1. The summed E-state index contributed by atoms with van der Waals surface area (Å²) in [4.78, 5) is 0. The van der Waals surface area contributed by atoms with Gasteiger partial charge in [-0.3, -0.25) is 0 Å². The average molecular weight is 507 g/mol. The zero-order valence-corrected chi connectivity index (χ0v) is 21.3. The molecule has 36 heavy (non-hydrogen) atoms. The van der Waals surface area contributed by atoms with Gasteiger partial charge in [0.2, 0.25) is 0 Å². The fraction of sp³-hybridized carbons (Fsp3) is 0.448. The Morgan fingerprint density at radius 1 is 1.11 bits per heavy atom. The lowest BCUT2D eigenvalue weighted by molar-refractivity contribution is -0.131. The molecule has 0 amide bonds. The monoisotopic (exact) mass is 506 g/mol. The van der Waals surface area contributed by atoms with Crippen LogP contribution in [0.2, 0.25) is 5.02 Å². The molecule has 0 spiro atoms. The third-order valence-electron chi connectivity index (χ3n) is 7.76. The number of halogens is 1. The number of aliphatic hydroxyl groups excluding tert-OH is 1. The summed E-state index contributed by atoms with van der Waals surface area (Å²) < 4.78 is 8.64. The van der Waals surface area contributed by atoms with Crippen LogP contribution in [0.1, 0.15) is 67.4 Å². The van der Waals surface area contributed by atoms with E-state index in [4.69, 9.17) is 27.9 Å². The van der Waals surface area contributed by atoms with Crippen LogP contribution in [0, 0.1) is 5.92 Å². The predicted molar refractivity (Wildman–Crippen MR) is 143 cm³/mol. The molecule has 0 radical (unpaired) electrons. The number of aliphatic hydroxyl groups is 1. The highest BCUT2D eigenvalue weighted by molar-refractivity contribution is 6.35. The summed E-state index contributed by atoms with van der Waals surface area (Å²) in [6, 6.07) is 15.0. The first-order chi connectivity index (χ1) is 17.4. The molecule has 2 aromatic carbocycles. The topological polar surface area (TPSA) is 89.7 Å². The number of nitrogens with two attached hydrogens (primary N) is 2. The highest BCUT2D eigenvalue weighted by Crippen LogP contribution is 2.40. The molecule has 3 atom stereocenters. The Morgan fingerprint density at radius 3 is 2.61 bits per heavy atom. The Bertz CT molecular complexity index is 1260. The number of hydrogen-bond acceptors (Lipinski definition) is 5. The number of allylic oxidation sites excluding steroid dienone is 1. The van der Waals surface area contributed by atoms with Crippen molar-refractivity contribution in [2.45, 2.75) is 69.3 Å².